The highest BCUT2D eigenvalue weighted by molar-refractivity contribution is 5.09. The molecule has 1 aliphatic carbocycles. The summed E-state index contributed by atoms with van der Waals surface area (Å²) in [6.45, 7) is 13.8. The first kappa shape index (κ1) is 16.5. The van der Waals surface area contributed by atoms with E-state index in [-0.39, 0.29) is 0 Å². The summed E-state index contributed by atoms with van der Waals surface area (Å²) in [5.41, 5.74) is 1.65. The zero-order chi connectivity index (χ0) is 15.5. The summed E-state index contributed by atoms with van der Waals surface area (Å²) in [5.74, 6) is 1.68. The van der Waals surface area contributed by atoms with Crippen molar-refractivity contribution in [2.24, 2.45) is 11.8 Å². The van der Waals surface area contributed by atoms with Gasteiger partial charge in [-0.15, -0.1) is 0 Å². The molecule has 0 saturated carbocycles. The third-order valence-corrected chi connectivity index (χ3v) is 6.34. The van der Waals surface area contributed by atoms with E-state index in [0.29, 0.717) is 0 Å². The van der Waals surface area contributed by atoms with Gasteiger partial charge in [0.1, 0.15) is 0 Å². The Morgan fingerprint density at radius 3 is 2.55 bits per heavy atom. The lowest BCUT2D eigenvalue weighted by Crippen LogP contribution is -2.55. The molecule has 3 nitrogen and oxygen atoms in total. The molecule has 0 aromatic rings. The highest BCUT2D eigenvalue weighted by Gasteiger charge is 2.29. The molecule has 0 unspecified atom stereocenters. The van der Waals surface area contributed by atoms with E-state index in [2.05, 4.69) is 41.7 Å². The second kappa shape index (κ2) is 7.46. The molecule has 0 radical (unpaired) electrons. The van der Waals surface area contributed by atoms with Crippen LogP contribution in [0.4, 0.5) is 0 Å². The Balaban J connectivity index is 1.47. The number of likely N-dealkylation sites (N-methyl/N-ethyl adjacent to an activating group) is 1. The van der Waals surface area contributed by atoms with Crippen LogP contribution in [0.15, 0.2) is 11.6 Å². The summed E-state index contributed by atoms with van der Waals surface area (Å²) in [6, 6.07) is 0.816. The molecule has 2 saturated heterocycles. The monoisotopic (exact) mass is 305 g/mol. The van der Waals surface area contributed by atoms with Crippen LogP contribution in [-0.4, -0.2) is 73.6 Å². The predicted octanol–water partition coefficient (Wildman–Crippen LogP) is 2.69. The molecule has 0 bridgehead atoms. The number of hydrogen-bond acceptors (Lipinski definition) is 3. The molecule has 2 heterocycles. The molecule has 0 spiro atoms. The van der Waals surface area contributed by atoms with Gasteiger partial charge in [-0.05, 0) is 58.0 Å². The van der Waals surface area contributed by atoms with Gasteiger partial charge >= 0.3 is 0 Å². The summed E-state index contributed by atoms with van der Waals surface area (Å²) in [7, 11) is 2.28. The zero-order valence-corrected chi connectivity index (χ0v) is 14.9. The fraction of sp³-hybridized carbons (Fsp3) is 0.895. The molecular formula is C19H35N3. The Morgan fingerprint density at radius 2 is 1.86 bits per heavy atom. The van der Waals surface area contributed by atoms with Crippen LogP contribution in [0, 0.1) is 11.8 Å². The Labute approximate surface area is 137 Å². The molecular weight excluding hydrogens is 270 g/mol. The minimum absolute atomic E-state index is 0.807. The summed E-state index contributed by atoms with van der Waals surface area (Å²) in [4.78, 5) is 8.00. The number of allylic oxidation sites excluding steroid dienone is 1. The van der Waals surface area contributed by atoms with Crippen molar-refractivity contribution in [3.05, 3.63) is 11.6 Å². The Hall–Kier alpha value is -0.380. The standard InChI is InChI=1S/C19H35N3/c1-16-6-4-7-17(2)19(16)15-21-10-12-22(13-11-21)18-8-5-9-20(3)14-18/h6,17-19H,4-5,7-15H2,1-3H3/t17-,18+,19+/m0/s1. The van der Waals surface area contributed by atoms with E-state index in [9.17, 15) is 0 Å². The molecule has 0 aromatic heterocycles. The van der Waals surface area contributed by atoms with Crippen LogP contribution >= 0.6 is 0 Å². The van der Waals surface area contributed by atoms with Gasteiger partial charge in [-0.2, -0.15) is 0 Å². The summed E-state index contributed by atoms with van der Waals surface area (Å²) in [6.07, 6.45) is 7.96. The third-order valence-electron chi connectivity index (χ3n) is 6.34. The van der Waals surface area contributed by atoms with E-state index in [0.717, 1.165) is 17.9 Å². The second-order valence-electron chi connectivity index (χ2n) is 8.00. The topological polar surface area (TPSA) is 9.72 Å². The van der Waals surface area contributed by atoms with Gasteiger partial charge in [-0.3, -0.25) is 4.90 Å². The van der Waals surface area contributed by atoms with Crippen LogP contribution in [0.3, 0.4) is 0 Å². The molecule has 0 N–H and O–H groups in total. The van der Waals surface area contributed by atoms with Gasteiger partial charge in [0.15, 0.2) is 0 Å². The minimum Gasteiger partial charge on any atom is -0.305 e. The SMILES string of the molecule is CC1=CCC[C@H](C)[C@@H]1CN1CCN([C@@H]2CCCN(C)C2)CC1. The Morgan fingerprint density at radius 1 is 1.09 bits per heavy atom. The Bertz CT molecular complexity index is 384. The highest BCUT2D eigenvalue weighted by Crippen LogP contribution is 2.31. The predicted molar refractivity (Wildman–Crippen MR) is 94.2 cm³/mol. The quantitative estimate of drug-likeness (QED) is 0.742. The molecule has 0 aromatic carbocycles. The summed E-state index contributed by atoms with van der Waals surface area (Å²) >= 11 is 0. The van der Waals surface area contributed by atoms with Gasteiger partial charge in [0.25, 0.3) is 0 Å². The number of rotatable bonds is 3. The van der Waals surface area contributed by atoms with Crippen molar-refractivity contribution in [1.29, 1.82) is 0 Å². The normalized spacial score (nSPS) is 36.3. The lowest BCUT2D eigenvalue weighted by Gasteiger charge is -2.44. The van der Waals surface area contributed by atoms with Crippen molar-refractivity contribution in [2.45, 2.75) is 45.6 Å². The highest BCUT2D eigenvalue weighted by atomic mass is 15.3. The first-order valence-electron chi connectivity index (χ1n) is 9.45. The average molecular weight is 306 g/mol. The molecule has 3 heteroatoms. The maximum absolute atomic E-state index is 2.76. The molecule has 3 atom stereocenters. The third kappa shape index (κ3) is 3.93. The van der Waals surface area contributed by atoms with Crippen LogP contribution in [0.1, 0.15) is 39.5 Å². The second-order valence-corrected chi connectivity index (χ2v) is 8.00. The number of piperidine rings is 1. The molecule has 22 heavy (non-hydrogen) atoms. The van der Waals surface area contributed by atoms with E-state index in [1.807, 2.05) is 0 Å². The number of nitrogens with zero attached hydrogens (tertiary/aromatic N) is 3. The summed E-state index contributed by atoms with van der Waals surface area (Å²) < 4.78 is 0. The van der Waals surface area contributed by atoms with Crippen LogP contribution in [0.2, 0.25) is 0 Å². The van der Waals surface area contributed by atoms with Gasteiger partial charge in [0.05, 0.1) is 0 Å². The largest absolute Gasteiger partial charge is 0.305 e. The maximum atomic E-state index is 2.76. The first-order valence-corrected chi connectivity index (χ1v) is 9.45. The van der Waals surface area contributed by atoms with Crippen LogP contribution in [0.5, 0.6) is 0 Å². The lowest BCUT2D eigenvalue weighted by atomic mass is 9.79. The molecule has 2 fully saturated rings. The van der Waals surface area contributed by atoms with Crippen LogP contribution in [-0.2, 0) is 0 Å². The van der Waals surface area contributed by atoms with E-state index < -0.39 is 0 Å². The van der Waals surface area contributed by atoms with E-state index in [4.69, 9.17) is 0 Å². The summed E-state index contributed by atoms with van der Waals surface area (Å²) in [5, 5.41) is 0. The molecule has 0 amide bonds. The number of likely N-dealkylation sites (tertiary alicyclic amines) is 1. The molecule has 2 aliphatic heterocycles. The fourth-order valence-electron chi connectivity index (χ4n) is 4.73. The first-order chi connectivity index (χ1) is 10.6. The number of piperazine rings is 1. The van der Waals surface area contributed by atoms with Gasteiger partial charge in [-0.25, -0.2) is 0 Å². The number of hydrogen-bond donors (Lipinski definition) is 0. The van der Waals surface area contributed by atoms with Gasteiger partial charge in [0, 0.05) is 45.3 Å². The zero-order valence-electron chi connectivity index (χ0n) is 14.9. The van der Waals surface area contributed by atoms with E-state index >= 15 is 0 Å². The smallest absolute Gasteiger partial charge is 0.0224 e. The van der Waals surface area contributed by atoms with Gasteiger partial charge in [-0.1, -0.05) is 18.6 Å². The van der Waals surface area contributed by atoms with Crippen molar-refractivity contribution in [3.63, 3.8) is 0 Å². The van der Waals surface area contributed by atoms with Crippen molar-refractivity contribution in [3.8, 4) is 0 Å². The van der Waals surface area contributed by atoms with Crippen molar-refractivity contribution in [2.75, 3.05) is 52.9 Å². The van der Waals surface area contributed by atoms with E-state index in [1.54, 1.807) is 5.57 Å². The van der Waals surface area contributed by atoms with Gasteiger partial charge < -0.3 is 9.80 Å². The van der Waals surface area contributed by atoms with Crippen molar-refractivity contribution >= 4 is 0 Å². The van der Waals surface area contributed by atoms with Crippen molar-refractivity contribution in [1.82, 2.24) is 14.7 Å². The van der Waals surface area contributed by atoms with Crippen molar-refractivity contribution < 1.29 is 0 Å². The van der Waals surface area contributed by atoms with Crippen LogP contribution in [0.25, 0.3) is 0 Å². The van der Waals surface area contributed by atoms with Crippen LogP contribution < -0.4 is 0 Å². The van der Waals surface area contributed by atoms with Gasteiger partial charge in [0.2, 0.25) is 0 Å². The fourth-order valence-corrected chi connectivity index (χ4v) is 4.73. The molecule has 126 valence electrons. The maximum Gasteiger partial charge on any atom is 0.0224 e. The minimum atomic E-state index is 0.807. The Kier molecular flexibility index (Phi) is 5.59. The molecule has 3 rings (SSSR count). The lowest BCUT2D eigenvalue weighted by molar-refractivity contribution is 0.0519. The van der Waals surface area contributed by atoms with E-state index in [1.165, 1.54) is 71.5 Å². The molecule has 3 aliphatic rings. The average Bonchev–Trinajstić information content (AvgIpc) is 2.52.